The molecule has 0 unspecified atom stereocenters. The van der Waals surface area contributed by atoms with E-state index in [4.69, 9.17) is 5.73 Å². The van der Waals surface area contributed by atoms with E-state index in [9.17, 15) is 9.59 Å². The molecule has 4 atom stereocenters. The van der Waals surface area contributed by atoms with Crippen molar-refractivity contribution < 1.29 is 9.59 Å². The predicted octanol–water partition coefficient (Wildman–Crippen LogP) is 6.15. The van der Waals surface area contributed by atoms with E-state index in [1.165, 1.54) is 5.56 Å². The van der Waals surface area contributed by atoms with Gasteiger partial charge in [-0.15, -0.1) is 0 Å². The van der Waals surface area contributed by atoms with Gasteiger partial charge >= 0.3 is 0 Å². The van der Waals surface area contributed by atoms with Gasteiger partial charge in [0.2, 0.25) is 0 Å². The summed E-state index contributed by atoms with van der Waals surface area (Å²) in [7, 11) is -4.59. The van der Waals surface area contributed by atoms with Crippen LogP contribution in [0.2, 0.25) is 36.3 Å². The number of nitrogens with two attached hydrogens (primary N) is 1. The van der Waals surface area contributed by atoms with E-state index in [2.05, 4.69) is 71.9 Å². The summed E-state index contributed by atoms with van der Waals surface area (Å²) < 4.78 is 0. The highest BCUT2D eigenvalue weighted by atomic mass is 28.4. The van der Waals surface area contributed by atoms with Crippen molar-refractivity contribution in [1.82, 2.24) is 4.98 Å². The average molecular weight is 451 g/mol. The smallest absolute Gasteiger partial charge is 0.188 e. The number of hydrogen-bond donors (Lipinski definition) is 3. The van der Waals surface area contributed by atoms with Crippen LogP contribution in [0.25, 0.3) is 0 Å². The minimum absolute atomic E-state index is 0.0387. The maximum absolute atomic E-state index is 11.0. The molecule has 1 saturated carbocycles. The molecule has 0 aromatic carbocycles. The van der Waals surface area contributed by atoms with Gasteiger partial charge in [-0.1, -0.05) is 34.6 Å². The summed E-state index contributed by atoms with van der Waals surface area (Å²) in [6, 6.07) is 2.09. The minimum atomic E-state index is -2.30. The Bertz CT molecular complexity index is 723. The summed E-state index contributed by atoms with van der Waals surface area (Å²) in [6.45, 7) is 19.7. The van der Waals surface area contributed by atoms with Crippen molar-refractivity contribution in [3.8, 4) is 0 Å². The van der Waals surface area contributed by atoms with E-state index in [1.54, 1.807) is 6.20 Å². The Morgan fingerprint density at radius 2 is 1.53 bits per heavy atom. The van der Waals surface area contributed by atoms with Crippen molar-refractivity contribution in [3.63, 3.8) is 0 Å². The van der Waals surface area contributed by atoms with Gasteiger partial charge in [-0.2, -0.15) is 0 Å². The van der Waals surface area contributed by atoms with Gasteiger partial charge in [-0.3, -0.25) is 4.98 Å². The Balaban J connectivity index is 2.39. The molecule has 1 aliphatic rings. The molecule has 1 aliphatic carbocycles. The lowest BCUT2D eigenvalue weighted by Crippen LogP contribution is -2.45. The molecule has 1 fully saturated rings. The monoisotopic (exact) mass is 450 g/mol. The van der Waals surface area contributed by atoms with E-state index in [1.807, 2.05) is 6.20 Å². The summed E-state index contributed by atoms with van der Waals surface area (Å²) in [4.78, 5) is 26.1. The van der Waals surface area contributed by atoms with Crippen LogP contribution in [0.5, 0.6) is 0 Å². The topological polar surface area (TPSA) is 79.4 Å². The Labute approximate surface area is 187 Å². The fourth-order valence-electron chi connectivity index (χ4n) is 5.11. The molecule has 1 heterocycles. The molecular weight excluding hydrogens is 404 g/mol. The average Bonchev–Trinajstić information content (AvgIpc) is 2.55. The number of anilines is 1. The Kier molecular flexibility index (Phi) is 7.40. The highest BCUT2D eigenvalue weighted by Gasteiger charge is 2.48. The Morgan fingerprint density at radius 3 is 2.03 bits per heavy atom. The van der Waals surface area contributed by atoms with E-state index in [0.29, 0.717) is 23.7 Å². The summed E-state index contributed by atoms with van der Waals surface area (Å²) in [5, 5.41) is -0.0966. The van der Waals surface area contributed by atoms with Gasteiger partial charge in [0, 0.05) is 6.20 Å². The zero-order valence-corrected chi connectivity index (χ0v) is 22.8. The Morgan fingerprint density at radius 1 is 1.00 bits per heavy atom. The number of hydrogen-bond acceptors (Lipinski definition) is 4. The van der Waals surface area contributed by atoms with Crippen LogP contribution in [0.4, 0.5) is 5.69 Å². The fraction of sp³-hybridized carbons (Fsp3) is 0.792. The molecule has 1 aromatic heterocycles. The Hall–Kier alpha value is -0.696. The van der Waals surface area contributed by atoms with Crippen LogP contribution in [0.3, 0.4) is 0 Å². The molecule has 4 N–H and O–H groups in total. The van der Waals surface area contributed by atoms with Gasteiger partial charge in [0.1, 0.15) is 0 Å². The summed E-state index contributed by atoms with van der Waals surface area (Å²) >= 11 is 0. The predicted molar refractivity (Wildman–Crippen MR) is 133 cm³/mol. The van der Waals surface area contributed by atoms with Crippen molar-refractivity contribution in [1.29, 1.82) is 0 Å². The highest BCUT2D eigenvalue weighted by molar-refractivity contribution is 6.73. The lowest BCUT2D eigenvalue weighted by Gasteiger charge is -2.49. The van der Waals surface area contributed by atoms with Crippen LogP contribution >= 0.6 is 0 Å². The zero-order valence-electron chi connectivity index (χ0n) is 20.8. The maximum Gasteiger partial charge on any atom is 0.188 e. The summed E-state index contributed by atoms with van der Waals surface area (Å²) in [6.07, 6.45) is 7.94. The van der Waals surface area contributed by atoms with Crippen LogP contribution in [-0.4, -0.2) is 31.2 Å². The molecule has 30 heavy (non-hydrogen) atoms. The highest BCUT2D eigenvalue weighted by Crippen LogP contribution is 2.56. The van der Waals surface area contributed by atoms with Gasteiger partial charge in [0.05, 0.1) is 11.9 Å². The first-order valence-corrected chi connectivity index (χ1v) is 17.5. The first kappa shape index (κ1) is 25.6. The third kappa shape index (κ3) is 5.56. The van der Waals surface area contributed by atoms with Crippen LogP contribution in [0.15, 0.2) is 18.5 Å². The number of pyridine rings is 1. The van der Waals surface area contributed by atoms with Gasteiger partial charge in [0.15, 0.2) is 16.6 Å². The van der Waals surface area contributed by atoms with Crippen LogP contribution in [-0.2, 0) is 0 Å². The van der Waals surface area contributed by atoms with Gasteiger partial charge in [-0.05, 0) is 97.2 Å². The standard InChI is InChI=1S/C24H46N2O2Si2/c1-17-12-18(20-10-11-26-16-22(20)25)13-19(14-23(2,3)29(6,7)27)21(17)15-24(4,5)30(8,9)28/h10-11,16-19,21,27-28H,12-15,25H2,1-9H3/t17-,18+,19-,21+/m0/s1. The van der Waals surface area contributed by atoms with E-state index in [-0.39, 0.29) is 10.1 Å². The molecule has 0 spiro atoms. The second-order valence-electron chi connectivity index (χ2n) is 12.4. The third-order valence-corrected chi connectivity index (χ3v) is 15.8. The summed E-state index contributed by atoms with van der Waals surface area (Å²) in [5.74, 6) is 2.05. The molecule has 4 nitrogen and oxygen atoms in total. The normalized spacial score (nSPS) is 26.6. The van der Waals surface area contributed by atoms with E-state index in [0.717, 1.165) is 31.4 Å². The molecule has 2 rings (SSSR count). The number of aromatic nitrogens is 1. The zero-order chi connectivity index (χ0) is 23.1. The van der Waals surface area contributed by atoms with Crippen molar-refractivity contribution >= 4 is 22.3 Å². The van der Waals surface area contributed by atoms with Crippen LogP contribution in [0, 0.1) is 17.8 Å². The van der Waals surface area contributed by atoms with Crippen molar-refractivity contribution in [2.45, 2.75) is 102 Å². The molecule has 1 aromatic rings. The van der Waals surface area contributed by atoms with Gasteiger partial charge < -0.3 is 15.3 Å². The molecule has 0 aliphatic heterocycles. The maximum atomic E-state index is 11.0. The minimum Gasteiger partial charge on any atom is -0.432 e. The molecule has 0 radical (unpaired) electrons. The number of nitrogen functional groups attached to an aromatic ring is 1. The molecule has 6 heteroatoms. The molecule has 0 saturated heterocycles. The molecule has 0 bridgehead atoms. The van der Waals surface area contributed by atoms with Crippen molar-refractivity contribution in [2.24, 2.45) is 17.8 Å². The fourth-order valence-corrected chi connectivity index (χ4v) is 6.61. The molecule has 172 valence electrons. The lowest BCUT2D eigenvalue weighted by atomic mass is 9.62. The van der Waals surface area contributed by atoms with Crippen LogP contribution < -0.4 is 5.73 Å². The van der Waals surface area contributed by atoms with Gasteiger partial charge in [-0.25, -0.2) is 0 Å². The second-order valence-corrected chi connectivity index (χ2v) is 21.3. The first-order valence-electron chi connectivity index (χ1n) is 11.6. The SMILES string of the molecule is C[C@H]1C[C@@H](c2ccncc2N)C[C@@H](CC(C)(C)[Si](C)(C)O)[C@@H]1CC(C)(C)[Si](C)(C)O. The number of rotatable bonds is 7. The molecule has 0 amide bonds. The quantitative estimate of drug-likeness (QED) is 0.436. The number of nitrogens with zero attached hydrogens (tertiary/aromatic N) is 1. The third-order valence-electron chi connectivity index (χ3n) is 8.74. The van der Waals surface area contributed by atoms with Crippen molar-refractivity contribution in [3.05, 3.63) is 24.0 Å². The second kappa shape index (κ2) is 8.68. The first-order chi connectivity index (χ1) is 13.5. The molecular formula is C24H46N2O2Si2. The van der Waals surface area contributed by atoms with Crippen LogP contribution in [0.1, 0.15) is 71.8 Å². The lowest BCUT2D eigenvalue weighted by molar-refractivity contribution is 0.105. The van der Waals surface area contributed by atoms with E-state index < -0.39 is 16.6 Å². The van der Waals surface area contributed by atoms with Crippen molar-refractivity contribution in [2.75, 3.05) is 5.73 Å². The largest absolute Gasteiger partial charge is 0.432 e. The van der Waals surface area contributed by atoms with E-state index >= 15 is 0 Å². The summed E-state index contributed by atoms with van der Waals surface area (Å²) in [5.41, 5.74) is 8.34. The van der Waals surface area contributed by atoms with Gasteiger partial charge in [0.25, 0.3) is 0 Å².